The van der Waals surface area contributed by atoms with E-state index in [4.69, 9.17) is 5.73 Å². The number of hydrogen-bond acceptors (Lipinski definition) is 2. The van der Waals surface area contributed by atoms with Crippen LogP contribution in [0.25, 0.3) is 6.08 Å². The van der Waals surface area contributed by atoms with Crippen molar-refractivity contribution >= 4 is 11.8 Å². The third-order valence-electron chi connectivity index (χ3n) is 6.35. The molecular formula is C28H36N2. The van der Waals surface area contributed by atoms with E-state index in [2.05, 4.69) is 68.3 Å². The van der Waals surface area contributed by atoms with Crippen molar-refractivity contribution in [2.45, 2.75) is 64.3 Å². The standard InChI is InChI=1S/C28H36N2/c1-5-21-6-11-28(27(13-21)12-19(2)3)30(20(4)17-29)18-22-14-25(23-7-8-23)16-26(15-22)24-9-10-24/h5-6,11,13-16,19,23-24H,1,4,7-10,12,17-18,29H2,2-3H3. The molecule has 0 spiro atoms. The van der Waals surface area contributed by atoms with E-state index in [-0.39, 0.29) is 0 Å². The van der Waals surface area contributed by atoms with Crippen molar-refractivity contribution in [2.75, 3.05) is 11.4 Å². The first kappa shape index (κ1) is 20.9. The summed E-state index contributed by atoms with van der Waals surface area (Å²) in [5, 5.41) is 0. The van der Waals surface area contributed by atoms with E-state index in [0.29, 0.717) is 12.5 Å². The van der Waals surface area contributed by atoms with Gasteiger partial charge in [0.15, 0.2) is 0 Å². The highest BCUT2D eigenvalue weighted by Crippen LogP contribution is 2.45. The van der Waals surface area contributed by atoms with Crippen molar-refractivity contribution in [3.8, 4) is 0 Å². The zero-order valence-electron chi connectivity index (χ0n) is 18.7. The summed E-state index contributed by atoms with van der Waals surface area (Å²) in [6.45, 7) is 14.1. The van der Waals surface area contributed by atoms with Gasteiger partial charge in [-0.3, -0.25) is 0 Å². The third-order valence-corrected chi connectivity index (χ3v) is 6.35. The minimum absolute atomic E-state index is 0.460. The van der Waals surface area contributed by atoms with Gasteiger partial charge in [-0.2, -0.15) is 0 Å². The van der Waals surface area contributed by atoms with Gasteiger partial charge in [0.05, 0.1) is 0 Å². The van der Waals surface area contributed by atoms with Gasteiger partial charge in [-0.25, -0.2) is 0 Å². The van der Waals surface area contributed by atoms with E-state index in [1.165, 1.54) is 59.2 Å². The summed E-state index contributed by atoms with van der Waals surface area (Å²) in [4.78, 5) is 2.34. The van der Waals surface area contributed by atoms with Crippen LogP contribution < -0.4 is 10.6 Å². The Morgan fingerprint density at radius 2 is 1.70 bits per heavy atom. The SMILES string of the molecule is C=Cc1ccc(N(Cc2cc(C3CC3)cc(C3CC3)c2)C(=C)CN)c(CC(C)C)c1. The Balaban J connectivity index is 1.71. The maximum absolute atomic E-state index is 6.09. The predicted molar refractivity (Wildman–Crippen MR) is 130 cm³/mol. The van der Waals surface area contributed by atoms with E-state index < -0.39 is 0 Å². The lowest BCUT2D eigenvalue weighted by atomic mass is 9.96. The van der Waals surface area contributed by atoms with Crippen molar-refractivity contribution in [1.82, 2.24) is 0 Å². The molecule has 0 atom stereocenters. The van der Waals surface area contributed by atoms with Crippen LogP contribution in [-0.2, 0) is 13.0 Å². The van der Waals surface area contributed by atoms with Crippen LogP contribution in [0.5, 0.6) is 0 Å². The Morgan fingerprint density at radius 1 is 1.07 bits per heavy atom. The van der Waals surface area contributed by atoms with Gasteiger partial charge in [-0.15, -0.1) is 0 Å². The molecule has 2 aromatic carbocycles. The second-order valence-corrected chi connectivity index (χ2v) is 9.60. The second-order valence-electron chi connectivity index (χ2n) is 9.60. The van der Waals surface area contributed by atoms with Crippen LogP contribution in [-0.4, -0.2) is 6.54 Å². The lowest BCUT2D eigenvalue weighted by Crippen LogP contribution is -2.27. The molecular weight excluding hydrogens is 364 g/mol. The van der Waals surface area contributed by atoms with Crippen molar-refractivity contribution in [2.24, 2.45) is 11.7 Å². The van der Waals surface area contributed by atoms with Gasteiger partial charge >= 0.3 is 0 Å². The quantitative estimate of drug-likeness (QED) is 0.477. The summed E-state index contributed by atoms with van der Waals surface area (Å²) < 4.78 is 0. The number of nitrogens with two attached hydrogens (primary N) is 1. The summed E-state index contributed by atoms with van der Waals surface area (Å²) in [6.07, 6.45) is 8.32. The van der Waals surface area contributed by atoms with Crippen molar-refractivity contribution in [3.63, 3.8) is 0 Å². The van der Waals surface area contributed by atoms with E-state index in [1.807, 2.05) is 6.08 Å². The Morgan fingerprint density at radius 3 is 2.20 bits per heavy atom. The summed E-state index contributed by atoms with van der Waals surface area (Å²) >= 11 is 0. The smallest absolute Gasteiger partial charge is 0.0479 e. The van der Waals surface area contributed by atoms with Crippen LogP contribution in [0.3, 0.4) is 0 Å². The molecule has 4 rings (SSSR count). The van der Waals surface area contributed by atoms with E-state index in [0.717, 1.165) is 30.5 Å². The van der Waals surface area contributed by atoms with E-state index in [1.54, 1.807) is 0 Å². The molecule has 0 bridgehead atoms. The fraction of sp³-hybridized carbons (Fsp3) is 0.429. The minimum Gasteiger partial charge on any atom is -0.340 e. The number of rotatable bonds is 10. The van der Waals surface area contributed by atoms with Crippen LogP contribution in [0.1, 0.15) is 79.2 Å². The van der Waals surface area contributed by atoms with E-state index >= 15 is 0 Å². The second kappa shape index (κ2) is 8.81. The van der Waals surface area contributed by atoms with Gasteiger partial charge < -0.3 is 10.6 Å². The highest BCUT2D eigenvalue weighted by Gasteiger charge is 2.29. The van der Waals surface area contributed by atoms with Gasteiger partial charge in [0.25, 0.3) is 0 Å². The summed E-state index contributed by atoms with van der Waals surface area (Å²) in [7, 11) is 0. The molecule has 2 nitrogen and oxygen atoms in total. The lowest BCUT2D eigenvalue weighted by molar-refractivity contribution is 0.645. The average Bonchev–Trinajstić information content (AvgIpc) is 3.64. The Labute approximate surface area is 182 Å². The highest BCUT2D eigenvalue weighted by molar-refractivity contribution is 5.63. The van der Waals surface area contributed by atoms with Gasteiger partial charge in [0.2, 0.25) is 0 Å². The molecule has 0 unspecified atom stereocenters. The molecule has 2 aliphatic rings. The average molecular weight is 401 g/mol. The third kappa shape index (κ3) is 4.87. The van der Waals surface area contributed by atoms with Crippen molar-refractivity contribution in [1.29, 1.82) is 0 Å². The topological polar surface area (TPSA) is 29.3 Å². The summed E-state index contributed by atoms with van der Waals surface area (Å²) in [5.41, 5.74) is 15.3. The predicted octanol–water partition coefficient (Wildman–Crippen LogP) is 6.76. The first-order chi connectivity index (χ1) is 14.5. The van der Waals surface area contributed by atoms with Crippen LogP contribution in [0.15, 0.2) is 55.3 Å². The lowest BCUT2D eigenvalue weighted by Gasteiger charge is -2.30. The molecule has 0 amide bonds. The van der Waals surface area contributed by atoms with Gasteiger partial charge in [0.1, 0.15) is 0 Å². The molecule has 0 aliphatic heterocycles. The van der Waals surface area contributed by atoms with Crippen molar-refractivity contribution < 1.29 is 0 Å². The molecule has 0 heterocycles. The van der Waals surface area contributed by atoms with Crippen molar-refractivity contribution in [3.05, 3.63) is 83.1 Å². The molecule has 0 saturated heterocycles. The van der Waals surface area contributed by atoms with Gasteiger partial charge in [0, 0.05) is 24.5 Å². The molecule has 30 heavy (non-hydrogen) atoms. The van der Waals surface area contributed by atoms with Gasteiger partial charge in [-0.1, -0.05) is 57.3 Å². The highest BCUT2D eigenvalue weighted by atomic mass is 15.1. The normalized spacial score (nSPS) is 16.0. The van der Waals surface area contributed by atoms with Gasteiger partial charge in [-0.05, 0) is 89.8 Å². The Hall–Kier alpha value is -2.32. The zero-order valence-corrected chi connectivity index (χ0v) is 18.7. The minimum atomic E-state index is 0.460. The monoisotopic (exact) mass is 400 g/mol. The molecule has 2 N–H and O–H groups in total. The first-order valence-electron chi connectivity index (χ1n) is 11.5. The maximum Gasteiger partial charge on any atom is 0.0479 e. The Kier molecular flexibility index (Phi) is 6.15. The molecule has 2 aliphatic carbocycles. The number of hydrogen-bond donors (Lipinski definition) is 1. The molecule has 2 saturated carbocycles. The maximum atomic E-state index is 6.09. The fourth-order valence-electron chi connectivity index (χ4n) is 4.40. The number of nitrogens with zero attached hydrogens (tertiary/aromatic N) is 1. The summed E-state index contributed by atoms with van der Waals surface area (Å²) in [6, 6.07) is 14.0. The van der Waals surface area contributed by atoms with E-state index in [9.17, 15) is 0 Å². The molecule has 158 valence electrons. The summed E-state index contributed by atoms with van der Waals surface area (Å²) in [5.74, 6) is 2.13. The Bertz CT molecular complexity index is 901. The fourth-order valence-corrected chi connectivity index (χ4v) is 4.40. The molecule has 2 aromatic rings. The molecule has 0 radical (unpaired) electrons. The molecule has 0 aromatic heterocycles. The number of anilines is 1. The molecule has 2 heteroatoms. The van der Waals surface area contributed by atoms with Crippen LogP contribution in [0.2, 0.25) is 0 Å². The number of benzene rings is 2. The van der Waals surface area contributed by atoms with Crippen LogP contribution in [0, 0.1) is 5.92 Å². The first-order valence-corrected chi connectivity index (χ1v) is 11.5. The molecule has 2 fully saturated rings. The largest absolute Gasteiger partial charge is 0.340 e. The zero-order chi connectivity index (χ0) is 21.3. The van der Waals surface area contributed by atoms with Crippen LogP contribution >= 0.6 is 0 Å². The van der Waals surface area contributed by atoms with Crippen LogP contribution in [0.4, 0.5) is 5.69 Å².